The number of amides is 4. The van der Waals surface area contributed by atoms with Crippen molar-refractivity contribution in [1.29, 1.82) is 0 Å². The summed E-state index contributed by atoms with van der Waals surface area (Å²) in [5.41, 5.74) is 0.836. The molecule has 0 aliphatic carbocycles. The van der Waals surface area contributed by atoms with Gasteiger partial charge in [-0.25, -0.2) is 9.69 Å². The van der Waals surface area contributed by atoms with Crippen LogP contribution in [0.15, 0.2) is 48.5 Å². The highest BCUT2D eigenvalue weighted by atomic mass is 16.5. The Labute approximate surface area is 173 Å². The summed E-state index contributed by atoms with van der Waals surface area (Å²) in [4.78, 5) is 43.0. The van der Waals surface area contributed by atoms with Crippen LogP contribution in [0.3, 0.4) is 0 Å². The minimum Gasteiger partial charge on any atom is -0.497 e. The Morgan fingerprint density at radius 2 is 1.87 bits per heavy atom. The molecular formula is C22H21N3O5. The number of morpholine rings is 1. The standard InChI is InChI=1S/C22H21N3O5/c1-29-16-8-6-15(7-9-16)25-20(27)22(19(26)23-21(25)28)12-14-4-2-3-5-17(14)24-10-11-30-13-18(22)24/h2-9,18H,10-13H2,1H3,(H,23,26,28). The fourth-order valence-electron chi connectivity index (χ4n) is 4.73. The molecule has 154 valence electrons. The van der Waals surface area contributed by atoms with E-state index in [1.54, 1.807) is 31.4 Å². The van der Waals surface area contributed by atoms with Gasteiger partial charge >= 0.3 is 6.03 Å². The van der Waals surface area contributed by atoms with Crippen LogP contribution in [0.5, 0.6) is 5.75 Å². The second kappa shape index (κ2) is 6.84. The lowest BCUT2D eigenvalue weighted by Crippen LogP contribution is -2.74. The van der Waals surface area contributed by atoms with Gasteiger partial charge in [-0.2, -0.15) is 0 Å². The number of rotatable bonds is 2. The number of imide groups is 2. The lowest BCUT2D eigenvalue weighted by atomic mass is 9.68. The molecule has 3 aliphatic rings. The minimum absolute atomic E-state index is 0.207. The number of carbonyl (C=O) groups excluding carboxylic acids is 3. The maximum Gasteiger partial charge on any atom is 0.335 e. The third kappa shape index (κ3) is 2.53. The molecule has 8 nitrogen and oxygen atoms in total. The van der Waals surface area contributed by atoms with Gasteiger partial charge in [0.15, 0.2) is 5.41 Å². The second-order valence-electron chi connectivity index (χ2n) is 7.66. The van der Waals surface area contributed by atoms with E-state index in [0.717, 1.165) is 16.2 Å². The molecule has 5 rings (SSSR count). The predicted molar refractivity (Wildman–Crippen MR) is 109 cm³/mol. The average molecular weight is 407 g/mol. The number of benzene rings is 2. The summed E-state index contributed by atoms with van der Waals surface area (Å²) in [6.07, 6.45) is 0.207. The van der Waals surface area contributed by atoms with Crippen LogP contribution in [-0.2, 0) is 20.7 Å². The van der Waals surface area contributed by atoms with Gasteiger partial charge < -0.3 is 14.4 Å². The van der Waals surface area contributed by atoms with Crippen molar-refractivity contribution in [2.24, 2.45) is 5.41 Å². The highest BCUT2D eigenvalue weighted by molar-refractivity contribution is 6.30. The minimum atomic E-state index is -1.46. The second-order valence-corrected chi connectivity index (χ2v) is 7.66. The van der Waals surface area contributed by atoms with Gasteiger partial charge in [0.2, 0.25) is 5.91 Å². The van der Waals surface area contributed by atoms with Crippen LogP contribution in [-0.4, -0.2) is 50.8 Å². The van der Waals surface area contributed by atoms with E-state index in [4.69, 9.17) is 9.47 Å². The molecule has 0 aromatic heterocycles. The van der Waals surface area contributed by atoms with Crippen molar-refractivity contribution in [3.05, 3.63) is 54.1 Å². The van der Waals surface area contributed by atoms with Crippen LogP contribution in [0.25, 0.3) is 0 Å². The molecule has 2 fully saturated rings. The predicted octanol–water partition coefficient (Wildman–Crippen LogP) is 1.73. The summed E-state index contributed by atoms with van der Waals surface area (Å²) in [5, 5.41) is 2.43. The molecule has 30 heavy (non-hydrogen) atoms. The number of anilines is 2. The van der Waals surface area contributed by atoms with Crippen LogP contribution in [0.1, 0.15) is 5.56 Å². The zero-order valence-corrected chi connectivity index (χ0v) is 16.5. The molecule has 2 aromatic carbocycles. The van der Waals surface area contributed by atoms with Gasteiger partial charge in [0.25, 0.3) is 5.91 Å². The van der Waals surface area contributed by atoms with E-state index in [9.17, 15) is 14.4 Å². The van der Waals surface area contributed by atoms with Crippen molar-refractivity contribution >= 4 is 29.2 Å². The van der Waals surface area contributed by atoms with Gasteiger partial charge in [0.1, 0.15) is 5.75 Å². The number of hydrogen-bond donors (Lipinski definition) is 1. The van der Waals surface area contributed by atoms with Gasteiger partial charge in [-0.1, -0.05) is 18.2 Å². The molecule has 8 heteroatoms. The molecule has 1 N–H and O–H groups in total. The third-order valence-corrected chi connectivity index (χ3v) is 6.21. The van der Waals surface area contributed by atoms with Gasteiger partial charge in [-0.05, 0) is 42.3 Å². The van der Waals surface area contributed by atoms with Crippen molar-refractivity contribution < 1.29 is 23.9 Å². The van der Waals surface area contributed by atoms with Gasteiger partial charge in [0, 0.05) is 12.2 Å². The quantitative estimate of drug-likeness (QED) is 0.763. The van der Waals surface area contributed by atoms with Crippen molar-refractivity contribution in [3.8, 4) is 5.75 Å². The zero-order chi connectivity index (χ0) is 20.9. The smallest absolute Gasteiger partial charge is 0.335 e. The number of para-hydroxylation sites is 1. The molecule has 3 heterocycles. The number of fused-ring (bicyclic) bond motifs is 4. The van der Waals surface area contributed by atoms with Gasteiger partial charge in [0.05, 0.1) is 32.1 Å². The highest BCUT2D eigenvalue weighted by Crippen LogP contribution is 2.45. The van der Waals surface area contributed by atoms with E-state index < -0.39 is 29.3 Å². The van der Waals surface area contributed by atoms with E-state index in [1.165, 1.54) is 0 Å². The van der Waals surface area contributed by atoms with Crippen LogP contribution < -0.4 is 19.9 Å². The summed E-state index contributed by atoms with van der Waals surface area (Å²) in [6, 6.07) is 13.1. The molecular weight excluding hydrogens is 386 g/mol. The lowest BCUT2D eigenvalue weighted by molar-refractivity contribution is -0.146. The van der Waals surface area contributed by atoms with Crippen LogP contribution in [0.2, 0.25) is 0 Å². The Bertz CT molecular complexity index is 1040. The summed E-state index contributed by atoms with van der Waals surface area (Å²) in [6.45, 7) is 1.32. The van der Waals surface area contributed by atoms with Crippen molar-refractivity contribution in [2.75, 3.05) is 36.7 Å². The monoisotopic (exact) mass is 407 g/mol. The van der Waals surface area contributed by atoms with E-state index in [1.807, 2.05) is 24.3 Å². The Kier molecular flexibility index (Phi) is 4.25. The molecule has 0 radical (unpaired) electrons. The SMILES string of the molecule is COc1ccc(N2C(=O)NC(=O)C3(Cc4ccccc4N4CCOCC43)C2=O)cc1. The first-order chi connectivity index (χ1) is 14.6. The third-order valence-electron chi connectivity index (χ3n) is 6.21. The maximum absolute atomic E-state index is 13.9. The first-order valence-corrected chi connectivity index (χ1v) is 9.82. The molecule has 2 saturated heterocycles. The van der Waals surface area contributed by atoms with E-state index >= 15 is 0 Å². The molecule has 4 amide bonds. The Morgan fingerprint density at radius 3 is 2.63 bits per heavy atom. The normalized spacial score (nSPS) is 25.6. The van der Waals surface area contributed by atoms with Gasteiger partial charge in [-0.3, -0.25) is 14.9 Å². The summed E-state index contributed by atoms with van der Waals surface area (Å²) >= 11 is 0. The number of nitrogens with one attached hydrogen (secondary N) is 1. The molecule has 3 aliphatic heterocycles. The number of methoxy groups -OCH3 is 1. The largest absolute Gasteiger partial charge is 0.497 e. The highest BCUT2D eigenvalue weighted by Gasteiger charge is 2.62. The lowest BCUT2D eigenvalue weighted by Gasteiger charge is -2.53. The number of barbiturate groups is 1. The first-order valence-electron chi connectivity index (χ1n) is 9.82. The number of urea groups is 1. The average Bonchev–Trinajstić information content (AvgIpc) is 2.78. The summed E-state index contributed by atoms with van der Waals surface area (Å²) < 4.78 is 10.8. The fourth-order valence-corrected chi connectivity index (χ4v) is 4.73. The number of hydrogen-bond acceptors (Lipinski definition) is 6. The van der Waals surface area contributed by atoms with E-state index in [0.29, 0.717) is 24.6 Å². The zero-order valence-electron chi connectivity index (χ0n) is 16.5. The summed E-state index contributed by atoms with van der Waals surface area (Å²) in [5.74, 6) is -0.499. The molecule has 0 saturated carbocycles. The first kappa shape index (κ1) is 18.6. The molecule has 2 unspecified atom stereocenters. The Balaban J connectivity index is 1.63. The number of carbonyl (C=O) groups is 3. The molecule has 1 spiro atoms. The Morgan fingerprint density at radius 1 is 1.10 bits per heavy atom. The molecule has 0 bridgehead atoms. The van der Waals surface area contributed by atoms with Gasteiger partial charge in [-0.15, -0.1) is 0 Å². The Hall–Kier alpha value is -3.39. The number of nitrogens with zero attached hydrogens (tertiary/aromatic N) is 2. The van der Waals surface area contributed by atoms with Crippen LogP contribution in [0, 0.1) is 5.41 Å². The van der Waals surface area contributed by atoms with Crippen molar-refractivity contribution in [2.45, 2.75) is 12.5 Å². The van der Waals surface area contributed by atoms with E-state index in [-0.39, 0.29) is 13.0 Å². The summed E-state index contributed by atoms with van der Waals surface area (Å²) in [7, 11) is 1.54. The molecule has 2 aromatic rings. The molecule has 2 atom stereocenters. The van der Waals surface area contributed by atoms with Crippen LogP contribution in [0.4, 0.5) is 16.2 Å². The topological polar surface area (TPSA) is 88.2 Å². The fraction of sp³-hybridized carbons (Fsp3) is 0.318. The maximum atomic E-state index is 13.9. The van der Waals surface area contributed by atoms with Crippen molar-refractivity contribution in [1.82, 2.24) is 5.32 Å². The van der Waals surface area contributed by atoms with Crippen molar-refractivity contribution in [3.63, 3.8) is 0 Å². The van der Waals surface area contributed by atoms with Crippen LogP contribution >= 0.6 is 0 Å². The van der Waals surface area contributed by atoms with E-state index in [2.05, 4.69) is 10.2 Å². The number of ether oxygens (including phenoxy) is 2.